The van der Waals surface area contributed by atoms with Gasteiger partial charge in [0.15, 0.2) is 5.78 Å². The molecule has 0 aliphatic heterocycles. The molecule has 0 spiro atoms. The first kappa shape index (κ1) is 48.9. The van der Waals surface area contributed by atoms with Gasteiger partial charge in [-0.25, -0.2) is 24.0 Å². The monoisotopic (exact) mass is 764 g/mol. The van der Waals surface area contributed by atoms with E-state index in [4.69, 9.17) is 14.2 Å². The minimum Gasteiger partial charge on any atom is -0.467 e. The highest BCUT2D eigenvalue weighted by molar-refractivity contribution is 5.94. The Labute approximate surface area is 319 Å². The third kappa shape index (κ3) is 18.1. The van der Waals surface area contributed by atoms with Crippen molar-refractivity contribution in [3.63, 3.8) is 0 Å². The molecule has 4 atom stereocenters. The molecule has 1 aromatic heterocycles. The normalized spacial score (nSPS) is 20.6. The van der Waals surface area contributed by atoms with Gasteiger partial charge in [0.2, 0.25) is 0 Å². The number of hydrogen-bond acceptors (Lipinski definition) is 14. The maximum Gasteiger partial charge on any atom is 0.519 e. The van der Waals surface area contributed by atoms with Crippen molar-refractivity contribution in [2.45, 2.75) is 110 Å². The Balaban J connectivity index is 0.000000705. The van der Waals surface area contributed by atoms with E-state index >= 15 is 0 Å². The minimum atomic E-state index is -1.06. The van der Waals surface area contributed by atoms with Gasteiger partial charge in [-0.1, -0.05) is 12.2 Å². The number of aromatic nitrogens is 1. The van der Waals surface area contributed by atoms with Crippen LogP contribution in [0.5, 0.6) is 0 Å². The summed E-state index contributed by atoms with van der Waals surface area (Å²) < 4.78 is 27.9. The molecule has 3 rings (SSSR count). The maximum absolute atomic E-state index is 11.6. The van der Waals surface area contributed by atoms with Crippen LogP contribution >= 0.6 is 0 Å². The first-order valence-electron chi connectivity index (χ1n) is 17.0. The van der Waals surface area contributed by atoms with Crippen LogP contribution < -0.4 is 15.5 Å². The second kappa shape index (κ2) is 20.3. The molecule has 2 fully saturated rings. The van der Waals surface area contributed by atoms with Crippen LogP contribution in [0.3, 0.4) is 0 Å². The lowest BCUT2D eigenvalue weighted by Crippen LogP contribution is -2.46. The number of nitrogens with one attached hydrogen (secondary N) is 2. The highest BCUT2D eigenvalue weighted by Gasteiger charge is 2.61. The van der Waals surface area contributed by atoms with Gasteiger partial charge in [0, 0.05) is 44.0 Å². The molecule has 16 heteroatoms. The van der Waals surface area contributed by atoms with Crippen molar-refractivity contribution in [1.29, 1.82) is 0 Å². The number of rotatable bonds is 7. The number of anilines is 1. The largest absolute Gasteiger partial charge is 0.519 e. The second-order valence-corrected chi connectivity index (χ2v) is 15.5. The van der Waals surface area contributed by atoms with Crippen LogP contribution in [0.4, 0.5) is 24.9 Å². The second-order valence-electron chi connectivity index (χ2n) is 15.5. The molecule has 1 aromatic rings. The number of carbonyl (C=O) groups excluding carboxylic acids is 6. The molecular weight excluding hydrogens is 704 g/mol. The highest BCUT2D eigenvalue weighted by atomic mass is 16.8. The number of ketones is 1. The zero-order valence-corrected chi connectivity index (χ0v) is 34.2. The van der Waals surface area contributed by atoms with Gasteiger partial charge in [-0.3, -0.25) is 9.78 Å². The Morgan fingerprint density at radius 3 is 1.43 bits per heavy atom. The third-order valence-corrected chi connectivity index (χ3v) is 7.14. The smallest absolute Gasteiger partial charge is 0.467 e. The quantitative estimate of drug-likeness (QED) is 0.132. The molecule has 1 heterocycles. The average molecular weight is 765 g/mol. The SMILES string of the molecule is C=C[C@H]1C[C@@]1(NC(=O)OC(C)(C)C)C(C)=O.C=C[C@H]1C[C@@]1(NC(=O)OC)C(=O)OC.CC(C)(C)OC(=O)OC(=O)OC(C)(C)C.CN(C)c1ccncc1. The van der Waals surface area contributed by atoms with Crippen molar-refractivity contribution >= 4 is 41.9 Å². The fraction of sp³-hybridized carbons (Fsp3) is 0.605. The number of Topliss-reactive ketones (excluding diaryl/α,β-unsaturated/α-hetero) is 1. The highest BCUT2D eigenvalue weighted by Crippen LogP contribution is 2.46. The van der Waals surface area contributed by atoms with E-state index in [0.29, 0.717) is 12.8 Å². The summed E-state index contributed by atoms with van der Waals surface area (Å²) in [5.74, 6) is -0.567. The summed E-state index contributed by atoms with van der Waals surface area (Å²) in [5.41, 5.74) is -2.49. The molecule has 2 aliphatic rings. The summed E-state index contributed by atoms with van der Waals surface area (Å²) in [6.45, 7) is 24.0. The van der Waals surface area contributed by atoms with Crippen molar-refractivity contribution in [2.75, 3.05) is 33.2 Å². The van der Waals surface area contributed by atoms with Gasteiger partial charge in [0.05, 0.1) is 14.2 Å². The Morgan fingerprint density at radius 2 is 1.13 bits per heavy atom. The molecule has 2 aliphatic carbocycles. The lowest BCUT2D eigenvalue weighted by molar-refractivity contribution is -0.144. The van der Waals surface area contributed by atoms with Crippen molar-refractivity contribution in [2.24, 2.45) is 11.8 Å². The fourth-order valence-corrected chi connectivity index (χ4v) is 4.36. The van der Waals surface area contributed by atoms with Crippen LogP contribution in [-0.4, -0.2) is 97.4 Å². The van der Waals surface area contributed by atoms with Gasteiger partial charge in [-0.2, -0.15) is 0 Å². The van der Waals surface area contributed by atoms with E-state index in [2.05, 4.69) is 43.0 Å². The van der Waals surface area contributed by atoms with E-state index in [0.717, 1.165) is 0 Å². The van der Waals surface area contributed by atoms with Gasteiger partial charge in [-0.05, 0) is 94.2 Å². The fourth-order valence-electron chi connectivity index (χ4n) is 4.36. The summed E-state index contributed by atoms with van der Waals surface area (Å²) >= 11 is 0. The first-order chi connectivity index (χ1) is 24.6. The van der Waals surface area contributed by atoms with Crippen molar-refractivity contribution in [1.82, 2.24) is 15.6 Å². The lowest BCUT2D eigenvalue weighted by atomic mass is 10.1. The van der Waals surface area contributed by atoms with Gasteiger partial charge >= 0.3 is 30.5 Å². The average Bonchev–Trinajstić information content (AvgIpc) is 3.93. The minimum absolute atomic E-state index is 0.0255. The number of methoxy groups -OCH3 is 2. The van der Waals surface area contributed by atoms with Crippen LogP contribution in [-0.2, 0) is 38.0 Å². The molecular formula is C38H60N4O12. The van der Waals surface area contributed by atoms with Crippen LogP contribution in [0, 0.1) is 11.8 Å². The molecule has 54 heavy (non-hydrogen) atoms. The van der Waals surface area contributed by atoms with E-state index < -0.39 is 58.3 Å². The molecule has 0 bridgehead atoms. The summed E-state index contributed by atoms with van der Waals surface area (Å²) in [4.78, 5) is 73.4. The number of ether oxygens (including phenoxy) is 6. The maximum atomic E-state index is 11.6. The molecule has 304 valence electrons. The van der Waals surface area contributed by atoms with Gasteiger partial charge < -0.3 is 44.0 Å². The lowest BCUT2D eigenvalue weighted by Gasteiger charge is -2.22. The van der Waals surface area contributed by atoms with Crippen molar-refractivity contribution in [3.8, 4) is 0 Å². The summed E-state index contributed by atoms with van der Waals surface area (Å²) in [6, 6.07) is 3.94. The predicted molar refractivity (Wildman–Crippen MR) is 202 cm³/mol. The number of alkyl carbamates (subject to hydrolysis) is 2. The summed E-state index contributed by atoms with van der Waals surface area (Å²) in [7, 11) is 6.54. The van der Waals surface area contributed by atoms with E-state index in [1.165, 1.54) is 26.8 Å². The molecule has 0 saturated heterocycles. The van der Waals surface area contributed by atoms with Crippen LogP contribution in [0.25, 0.3) is 0 Å². The zero-order chi connectivity index (χ0) is 42.3. The third-order valence-electron chi connectivity index (χ3n) is 7.14. The molecule has 2 amide bonds. The van der Waals surface area contributed by atoms with Gasteiger partial charge in [0.25, 0.3) is 0 Å². The number of nitrogens with zero attached hydrogens (tertiary/aromatic N) is 2. The predicted octanol–water partition coefficient (Wildman–Crippen LogP) is 6.53. The molecule has 2 N–H and O–H groups in total. The molecule has 0 unspecified atom stereocenters. The number of hydrogen-bond donors (Lipinski definition) is 2. The molecule has 0 radical (unpaired) electrons. The number of carbonyl (C=O) groups is 6. The van der Waals surface area contributed by atoms with Crippen LogP contribution in [0.2, 0.25) is 0 Å². The van der Waals surface area contributed by atoms with Crippen molar-refractivity contribution < 1.29 is 57.2 Å². The Hall–Kier alpha value is -5.15. The van der Waals surface area contributed by atoms with E-state index in [1.807, 2.05) is 31.1 Å². The number of pyridine rings is 1. The summed E-state index contributed by atoms with van der Waals surface area (Å²) in [5, 5.41) is 5.10. The topological polar surface area (TPSA) is 198 Å². The van der Waals surface area contributed by atoms with E-state index in [-0.39, 0.29) is 17.6 Å². The molecule has 0 aromatic carbocycles. The summed E-state index contributed by atoms with van der Waals surface area (Å²) in [6.07, 6.45) is 4.71. The standard InChI is InChI=1S/C12H19NO3.C10H18O5.C9H13NO4.C7H10N2/c1-6-9-7-12(9,8(2)14)13-10(15)16-11(3,4)5;1-9(2,3)14-7(11)13-8(12)15-10(4,5)6;1-4-6-5-9(6,7(11)13-2)10-8(12)14-3;1-9(2)7-3-5-8-6-4-7/h6,9H,1,7H2,2-5H3,(H,13,15);1-6H3;4,6H,1,5H2,2-3H3,(H,10,12);3-6H,1-2H3/t9-,12+;;6-,9-;/m0.0./s1. The van der Waals surface area contributed by atoms with Gasteiger partial charge in [-0.15, -0.1) is 13.2 Å². The Morgan fingerprint density at radius 1 is 0.722 bits per heavy atom. The molecule has 16 nitrogen and oxygen atoms in total. The van der Waals surface area contributed by atoms with E-state index in [1.54, 1.807) is 86.9 Å². The molecule has 2 saturated carbocycles. The zero-order valence-electron chi connectivity index (χ0n) is 34.2. The van der Waals surface area contributed by atoms with Gasteiger partial charge in [0.1, 0.15) is 27.9 Å². The Kier molecular flexibility index (Phi) is 18.4. The van der Waals surface area contributed by atoms with Crippen molar-refractivity contribution in [3.05, 3.63) is 49.8 Å². The Bertz CT molecular complexity index is 1430. The van der Waals surface area contributed by atoms with Crippen LogP contribution in [0.15, 0.2) is 49.8 Å². The number of amides is 2. The van der Waals surface area contributed by atoms with Crippen LogP contribution in [0.1, 0.15) is 82.1 Å². The van der Waals surface area contributed by atoms with E-state index in [9.17, 15) is 28.8 Å². The number of esters is 1. The first-order valence-corrected chi connectivity index (χ1v) is 17.0.